The summed E-state index contributed by atoms with van der Waals surface area (Å²) in [6, 6.07) is 3.26. The van der Waals surface area contributed by atoms with Crippen LogP contribution in [0.25, 0.3) is 0 Å². The first-order valence-corrected chi connectivity index (χ1v) is 5.70. The van der Waals surface area contributed by atoms with Gasteiger partial charge in [-0.2, -0.15) is 0 Å². The maximum atomic E-state index is 10.9. The van der Waals surface area contributed by atoms with Gasteiger partial charge < -0.3 is 14.6 Å². The van der Waals surface area contributed by atoms with Crippen molar-refractivity contribution < 1.29 is 19.4 Å². The number of benzene rings is 1. The van der Waals surface area contributed by atoms with Crippen molar-refractivity contribution in [2.24, 2.45) is 0 Å². The average molecular weight is 336 g/mol. The minimum atomic E-state index is -0.931. The topological polar surface area (TPSA) is 55.8 Å². The second-order valence-electron chi connectivity index (χ2n) is 3.27. The Morgan fingerprint density at radius 2 is 1.94 bits per heavy atom. The van der Waals surface area contributed by atoms with Crippen molar-refractivity contribution >= 4 is 28.6 Å². The maximum Gasteiger partial charge on any atom is 0.335 e. The summed E-state index contributed by atoms with van der Waals surface area (Å²) in [7, 11) is 3.19. The second kappa shape index (κ2) is 6.17. The number of ether oxygens (including phenoxy) is 2. The fourth-order valence-corrected chi connectivity index (χ4v) is 2.24. The molecule has 1 aromatic rings. The number of rotatable bonds is 5. The monoisotopic (exact) mass is 336 g/mol. The van der Waals surface area contributed by atoms with E-state index in [1.54, 1.807) is 26.4 Å². The van der Waals surface area contributed by atoms with Gasteiger partial charge in [-0.15, -0.1) is 0 Å². The minimum Gasteiger partial charge on any atom is -0.478 e. The molecule has 88 valence electrons. The van der Waals surface area contributed by atoms with Crippen LogP contribution in [-0.4, -0.2) is 25.3 Å². The molecule has 0 saturated carbocycles. The Bertz CT molecular complexity index is 390. The molecule has 0 aliphatic carbocycles. The van der Waals surface area contributed by atoms with Crippen LogP contribution in [0.2, 0.25) is 0 Å². The number of carbonyl (C=O) groups is 1. The molecule has 1 aromatic carbocycles. The van der Waals surface area contributed by atoms with Gasteiger partial charge in [-0.25, -0.2) is 4.79 Å². The van der Waals surface area contributed by atoms with Gasteiger partial charge in [0.05, 0.1) is 18.8 Å². The number of aromatic carboxylic acids is 1. The van der Waals surface area contributed by atoms with Crippen LogP contribution in [0.4, 0.5) is 0 Å². The fourth-order valence-electron chi connectivity index (χ4n) is 1.41. The minimum absolute atomic E-state index is 0.274. The van der Waals surface area contributed by atoms with Gasteiger partial charge >= 0.3 is 5.97 Å². The molecular formula is C11H13IO4. The largest absolute Gasteiger partial charge is 0.478 e. The van der Waals surface area contributed by atoms with Crippen molar-refractivity contribution in [2.45, 2.75) is 13.2 Å². The number of carboxylic acid groups (broad SMARTS) is 1. The van der Waals surface area contributed by atoms with Gasteiger partial charge in [-0.3, -0.25) is 0 Å². The van der Waals surface area contributed by atoms with E-state index in [1.165, 1.54) is 0 Å². The molecule has 5 heteroatoms. The van der Waals surface area contributed by atoms with Crippen molar-refractivity contribution in [3.8, 4) is 0 Å². The van der Waals surface area contributed by atoms with E-state index in [4.69, 9.17) is 14.6 Å². The van der Waals surface area contributed by atoms with Crippen molar-refractivity contribution in [1.82, 2.24) is 0 Å². The molecule has 0 aromatic heterocycles. The fraction of sp³-hybridized carbons (Fsp3) is 0.364. The third-order valence-electron chi connectivity index (χ3n) is 2.12. The Balaban J connectivity index is 3.21. The highest BCUT2D eigenvalue weighted by Crippen LogP contribution is 2.21. The van der Waals surface area contributed by atoms with Crippen LogP contribution < -0.4 is 0 Å². The molecule has 1 rings (SSSR count). The molecule has 4 nitrogen and oxygen atoms in total. The molecule has 0 heterocycles. The lowest BCUT2D eigenvalue weighted by Crippen LogP contribution is -2.05. The van der Waals surface area contributed by atoms with Gasteiger partial charge in [-0.05, 0) is 45.9 Å². The summed E-state index contributed by atoms with van der Waals surface area (Å²) in [5, 5.41) is 8.95. The van der Waals surface area contributed by atoms with E-state index in [1.807, 2.05) is 0 Å². The van der Waals surface area contributed by atoms with Crippen LogP contribution in [0.1, 0.15) is 21.5 Å². The Morgan fingerprint density at radius 3 is 2.44 bits per heavy atom. The lowest BCUT2D eigenvalue weighted by molar-refractivity contribution is 0.0696. The number of halogens is 1. The third kappa shape index (κ3) is 3.16. The molecule has 0 saturated heterocycles. The zero-order valence-electron chi connectivity index (χ0n) is 9.12. The normalized spacial score (nSPS) is 10.4. The molecule has 0 amide bonds. The molecule has 1 N–H and O–H groups in total. The smallest absolute Gasteiger partial charge is 0.335 e. The van der Waals surface area contributed by atoms with Crippen LogP contribution in [0.15, 0.2) is 12.1 Å². The van der Waals surface area contributed by atoms with E-state index < -0.39 is 5.97 Å². The van der Waals surface area contributed by atoms with Gasteiger partial charge in [0.2, 0.25) is 0 Å². The van der Waals surface area contributed by atoms with Crippen LogP contribution in [0.3, 0.4) is 0 Å². The molecule has 0 bridgehead atoms. The molecule has 0 aliphatic heterocycles. The van der Waals surface area contributed by atoms with Crippen LogP contribution in [0.5, 0.6) is 0 Å². The molecule has 0 unspecified atom stereocenters. The summed E-state index contributed by atoms with van der Waals surface area (Å²) in [6.07, 6.45) is 0. The first-order valence-electron chi connectivity index (χ1n) is 4.62. The van der Waals surface area contributed by atoms with E-state index in [0.717, 1.165) is 14.7 Å². The Labute approximate surface area is 108 Å². The average Bonchev–Trinajstić information content (AvgIpc) is 2.23. The van der Waals surface area contributed by atoms with Crippen LogP contribution in [-0.2, 0) is 22.7 Å². The van der Waals surface area contributed by atoms with Gasteiger partial charge in [0.25, 0.3) is 0 Å². The van der Waals surface area contributed by atoms with Crippen molar-refractivity contribution in [3.63, 3.8) is 0 Å². The number of hydrogen-bond acceptors (Lipinski definition) is 3. The molecule has 16 heavy (non-hydrogen) atoms. The van der Waals surface area contributed by atoms with Gasteiger partial charge in [0, 0.05) is 17.8 Å². The predicted molar refractivity (Wildman–Crippen MR) is 67.5 cm³/mol. The van der Waals surface area contributed by atoms with E-state index in [9.17, 15) is 4.79 Å². The van der Waals surface area contributed by atoms with E-state index in [-0.39, 0.29) is 5.56 Å². The lowest BCUT2D eigenvalue weighted by Gasteiger charge is -2.11. The Hall–Kier alpha value is -0.660. The summed E-state index contributed by atoms with van der Waals surface area (Å²) in [5.41, 5.74) is 2.11. The highest BCUT2D eigenvalue weighted by molar-refractivity contribution is 14.1. The maximum absolute atomic E-state index is 10.9. The van der Waals surface area contributed by atoms with E-state index in [0.29, 0.717) is 13.2 Å². The summed E-state index contributed by atoms with van der Waals surface area (Å²) in [4.78, 5) is 10.9. The zero-order chi connectivity index (χ0) is 12.1. The molecular weight excluding hydrogens is 323 g/mol. The quantitative estimate of drug-likeness (QED) is 0.839. The molecule has 0 radical (unpaired) electrons. The van der Waals surface area contributed by atoms with Gasteiger partial charge in [-0.1, -0.05) is 0 Å². The molecule has 0 atom stereocenters. The van der Waals surface area contributed by atoms with Crippen molar-refractivity contribution in [3.05, 3.63) is 32.4 Å². The number of methoxy groups -OCH3 is 2. The first kappa shape index (κ1) is 13.4. The standard InChI is InChI=1S/C11H13IO4/c1-15-5-8-3-7(11(13)14)4-10(12)9(8)6-16-2/h3-4H,5-6H2,1-2H3,(H,13,14). The number of hydrogen-bond donors (Lipinski definition) is 1. The van der Waals surface area contributed by atoms with Crippen LogP contribution >= 0.6 is 22.6 Å². The first-order chi connectivity index (χ1) is 7.60. The van der Waals surface area contributed by atoms with Crippen molar-refractivity contribution in [1.29, 1.82) is 0 Å². The second-order valence-corrected chi connectivity index (χ2v) is 4.43. The molecule has 0 spiro atoms. The van der Waals surface area contributed by atoms with Crippen LogP contribution in [0, 0.1) is 3.57 Å². The van der Waals surface area contributed by atoms with Gasteiger partial charge in [0.15, 0.2) is 0 Å². The van der Waals surface area contributed by atoms with Crippen molar-refractivity contribution in [2.75, 3.05) is 14.2 Å². The third-order valence-corrected chi connectivity index (χ3v) is 3.09. The summed E-state index contributed by atoms with van der Waals surface area (Å²) >= 11 is 2.11. The van der Waals surface area contributed by atoms with E-state index in [2.05, 4.69) is 22.6 Å². The highest BCUT2D eigenvalue weighted by Gasteiger charge is 2.12. The Morgan fingerprint density at radius 1 is 1.31 bits per heavy atom. The highest BCUT2D eigenvalue weighted by atomic mass is 127. The predicted octanol–water partition coefficient (Wildman–Crippen LogP) is 2.28. The SMILES string of the molecule is COCc1cc(C(=O)O)cc(I)c1COC. The lowest BCUT2D eigenvalue weighted by atomic mass is 10.0. The molecule has 0 aliphatic rings. The summed E-state index contributed by atoms with van der Waals surface area (Å²) < 4.78 is 11.0. The summed E-state index contributed by atoms with van der Waals surface area (Å²) in [5.74, 6) is -0.931. The molecule has 0 fully saturated rings. The zero-order valence-corrected chi connectivity index (χ0v) is 11.3. The Kier molecular flexibility index (Phi) is 5.17. The van der Waals surface area contributed by atoms with Gasteiger partial charge in [0.1, 0.15) is 0 Å². The summed E-state index contributed by atoms with van der Waals surface area (Å²) in [6.45, 7) is 0.840. The number of carboxylic acids is 1. The van der Waals surface area contributed by atoms with E-state index >= 15 is 0 Å².